The van der Waals surface area contributed by atoms with Gasteiger partial charge in [-0.2, -0.15) is 0 Å². The molecule has 3 nitrogen and oxygen atoms in total. The summed E-state index contributed by atoms with van der Waals surface area (Å²) in [7, 11) is 1.26. The predicted molar refractivity (Wildman–Crippen MR) is 82.4 cm³/mol. The molecule has 0 saturated heterocycles. The summed E-state index contributed by atoms with van der Waals surface area (Å²) in [5.74, 6) is -0.581. The molecule has 1 aromatic rings. The van der Waals surface area contributed by atoms with Crippen LogP contribution in [0.5, 0.6) is 0 Å². The summed E-state index contributed by atoms with van der Waals surface area (Å²) < 4.78 is 18.8. The SMILES string of the molecule is COC(=O)c1cc(F)c(N[C@H](C)C2CCCCC2)c(Cl)c1. The first-order chi connectivity index (χ1) is 10.0. The molecular weight excluding hydrogens is 293 g/mol. The van der Waals surface area contributed by atoms with Gasteiger partial charge < -0.3 is 10.1 Å². The number of hydrogen-bond donors (Lipinski definition) is 1. The second-order valence-electron chi connectivity index (χ2n) is 5.64. The molecule has 0 aromatic heterocycles. The van der Waals surface area contributed by atoms with Gasteiger partial charge in [-0.05, 0) is 37.8 Å². The van der Waals surface area contributed by atoms with Gasteiger partial charge in [0, 0.05) is 6.04 Å². The zero-order chi connectivity index (χ0) is 15.4. The van der Waals surface area contributed by atoms with Gasteiger partial charge in [0.15, 0.2) is 0 Å². The summed E-state index contributed by atoms with van der Waals surface area (Å²) in [5.41, 5.74) is 0.387. The van der Waals surface area contributed by atoms with Gasteiger partial charge in [0.2, 0.25) is 0 Å². The number of anilines is 1. The first-order valence-electron chi connectivity index (χ1n) is 7.37. The molecule has 0 heterocycles. The second-order valence-corrected chi connectivity index (χ2v) is 6.04. The Morgan fingerprint density at radius 1 is 1.38 bits per heavy atom. The van der Waals surface area contributed by atoms with Crippen molar-refractivity contribution in [2.75, 3.05) is 12.4 Å². The van der Waals surface area contributed by atoms with Crippen LogP contribution >= 0.6 is 11.6 Å². The molecular formula is C16H21ClFNO2. The lowest BCUT2D eigenvalue weighted by molar-refractivity contribution is 0.0600. The number of benzene rings is 1. The minimum absolute atomic E-state index is 0.121. The first-order valence-corrected chi connectivity index (χ1v) is 7.74. The zero-order valence-electron chi connectivity index (χ0n) is 12.4. The quantitative estimate of drug-likeness (QED) is 0.822. The Labute approximate surface area is 129 Å². The Bertz CT molecular complexity index is 492. The molecule has 1 fully saturated rings. The number of carbonyl (C=O) groups is 1. The van der Waals surface area contributed by atoms with Gasteiger partial charge in [0.1, 0.15) is 5.82 Å². The highest BCUT2D eigenvalue weighted by atomic mass is 35.5. The van der Waals surface area contributed by atoms with Crippen molar-refractivity contribution in [3.05, 3.63) is 28.5 Å². The smallest absolute Gasteiger partial charge is 0.338 e. The van der Waals surface area contributed by atoms with Crippen LogP contribution < -0.4 is 5.32 Å². The topological polar surface area (TPSA) is 38.3 Å². The van der Waals surface area contributed by atoms with E-state index in [0.717, 1.165) is 18.9 Å². The van der Waals surface area contributed by atoms with E-state index in [1.54, 1.807) is 0 Å². The van der Waals surface area contributed by atoms with Crippen molar-refractivity contribution >= 4 is 23.3 Å². The number of methoxy groups -OCH3 is 1. The molecule has 1 N–H and O–H groups in total. The molecule has 1 atom stereocenters. The summed E-state index contributed by atoms with van der Waals surface area (Å²) in [4.78, 5) is 11.4. The number of nitrogens with one attached hydrogen (secondary N) is 1. The predicted octanol–water partition coefficient (Wildman–Crippen LogP) is 4.65. The van der Waals surface area contributed by atoms with Crippen LogP contribution in [0.1, 0.15) is 49.4 Å². The van der Waals surface area contributed by atoms with E-state index >= 15 is 0 Å². The molecule has 0 amide bonds. The maximum absolute atomic E-state index is 14.2. The van der Waals surface area contributed by atoms with Gasteiger partial charge in [0.25, 0.3) is 0 Å². The van der Waals surface area contributed by atoms with Crippen molar-refractivity contribution < 1.29 is 13.9 Å². The fourth-order valence-electron chi connectivity index (χ4n) is 2.93. The lowest BCUT2D eigenvalue weighted by Crippen LogP contribution is -2.28. The Morgan fingerprint density at radius 3 is 2.62 bits per heavy atom. The first kappa shape index (κ1) is 16.1. The van der Waals surface area contributed by atoms with Gasteiger partial charge in [-0.3, -0.25) is 0 Å². The van der Waals surface area contributed by atoms with Crippen LogP contribution in [0.2, 0.25) is 5.02 Å². The maximum Gasteiger partial charge on any atom is 0.338 e. The molecule has 0 spiro atoms. The minimum atomic E-state index is -0.595. The molecule has 21 heavy (non-hydrogen) atoms. The van der Waals surface area contributed by atoms with E-state index in [9.17, 15) is 9.18 Å². The monoisotopic (exact) mass is 313 g/mol. The highest BCUT2D eigenvalue weighted by Gasteiger charge is 2.22. The highest BCUT2D eigenvalue weighted by Crippen LogP contribution is 2.32. The van der Waals surface area contributed by atoms with Crippen molar-refractivity contribution in [2.45, 2.75) is 45.1 Å². The van der Waals surface area contributed by atoms with Crippen LogP contribution in [-0.2, 0) is 4.74 Å². The molecule has 5 heteroatoms. The lowest BCUT2D eigenvalue weighted by atomic mass is 9.84. The van der Waals surface area contributed by atoms with Crippen LogP contribution in [-0.4, -0.2) is 19.1 Å². The number of rotatable bonds is 4. The van der Waals surface area contributed by atoms with E-state index in [1.807, 2.05) is 0 Å². The van der Waals surface area contributed by atoms with Gasteiger partial charge in [-0.1, -0.05) is 30.9 Å². The molecule has 0 bridgehead atoms. The summed E-state index contributed by atoms with van der Waals surface area (Å²) in [6.07, 6.45) is 6.07. The van der Waals surface area contributed by atoms with Crippen LogP contribution in [0, 0.1) is 11.7 Å². The molecule has 0 radical (unpaired) electrons. The lowest BCUT2D eigenvalue weighted by Gasteiger charge is -2.29. The number of halogens is 2. The van der Waals surface area contributed by atoms with Crippen molar-refractivity contribution in [3.8, 4) is 0 Å². The molecule has 0 aliphatic heterocycles. The minimum Gasteiger partial charge on any atom is -0.465 e. The van der Waals surface area contributed by atoms with Crippen LogP contribution in [0.25, 0.3) is 0 Å². The summed E-state index contributed by atoms with van der Waals surface area (Å²) >= 11 is 6.11. The molecule has 1 aliphatic rings. The molecule has 1 aromatic carbocycles. The van der Waals surface area contributed by atoms with Gasteiger partial charge in [0.05, 0.1) is 23.4 Å². The van der Waals surface area contributed by atoms with Crippen LogP contribution in [0.4, 0.5) is 10.1 Å². The fraction of sp³-hybridized carbons (Fsp3) is 0.562. The average molecular weight is 314 g/mol. The molecule has 116 valence electrons. The normalized spacial score (nSPS) is 17.3. The molecule has 1 saturated carbocycles. The highest BCUT2D eigenvalue weighted by molar-refractivity contribution is 6.33. The largest absolute Gasteiger partial charge is 0.465 e. The number of esters is 1. The van der Waals surface area contributed by atoms with E-state index in [2.05, 4.69) is 17.0 Å². The third-order valence-corrected chi connectivity index (χ3v) is 4.49. The van der Waals surface area contributed by atoms with E-state index in [1.165, 1.54) is 32.4 Å². The third kappa shape index (κ3) is 3.88. The Kier molecular flexibility index (Phi) is 5.45. The van der Waals surface area contributed by atoms with Crippen LogP contribution in [0.15, 0.2) is 12.1 Å². The van der Waals surface area contributed by atoms with Gasteiger partial charge in [-0.25, -0.2) is 9.18 Å². The number of hydrogen-bond acceptors (Lipinski definition) is 3. The van der Waals surface area contributed by atoms with Crippen molar-refractivity contribution in [1.82, 2.24) is 0 Å². The average Bonchev–Trinajstić information content (AvgIpc) is 2.50. The third-order valence-electron chi connectivity index (χ3n) is 4.19. The molecule has 0 unspecified atom stereocenters. The molecule has 2 rings (SSSR count). The van der Waals surface area contributed by atoms with Gasteiger partial charge >= 0.3 is 5.97 Å². The fourth-order valence-corrected chi connectivity index (χ4v) is 3.19. The Hall–Kier alpha value is -1.29. The Morgan fingerprint density at radius 2 is 2.05 bits per heavy atom. The van der Waals surface area contributed by atoms with E-state index < -0.39 is 11.8 Å². The summed E-state index contributed by atoms with van der Waals surface area (Å²) in [5, 5.41) is 3.38. The van der Waals surface area contributed by atoms with E-state index in [0.29, 0.717) is 5.92 Å². The van der Waals surface area contributed by atoms with Crippen molar-refractivity contribution in [1.29, 1.82) is 0 Å². The molecule has 1 aliphatic carbocycles. The second kappa shape index (κ2) is 7.12. The standard InChI is InChI=1S/C16H21ClFNO2/c1-10(11-6-4-3-5-7-11)19-15-13(17)8-12(9-14(15)18)16(20)21-2/h8-11,19H,3-7H2,1-2H3/t10-/m1/s1. The summed E-state index contributed by atoms with van der Waals surface area (Å²) in [6.45, 7) is 2.06. The van der Waals surface area contributed by atoms with E-state index in [4.69, 9.17) is 11.6 Å². The number of carbonyl (C=O) groups excluding carboxylic acids is 1. The van der Waals surface area contributed by atoms with Crippen molar-refractivity contribution in [3.63, 3.8) is 0 Å². The summed E-state index contributed by atoms with van der Waals surface area (Å²) in [6, 6.07) is 2.75. The maximum atomic E-state index is 14.2. The zero-order valence-corrected chi connectivity index (χ0v) is 13.2. The van der Waals surface area contributed by atoms with Gasteiger partial charge in [-0.15, -0.1) is 0 Å². The van der Waals surface area contributed by atoms with E-state index in [-0.39, 0.29) is 22.3 Å². The van der Waals surface area contributed by atoms with Crippen LogP contribution in [0.3, 0.4) is 0 Å². The van der Waals surface area contributed by atoms with Crippen molar-refractivity contribution in [2.24, 2.45) is 5.92 Å². The number of ether oxygens (including phenoxy) is 1. The Balaban J connectivity index is 2.14.